The van der Waals surface area contributed by atoms with Crippen molar-refractivity contribution in [3.8, 4) is 0 Å². The molecule has 2 nitrogen and oxygen atoms in total. The number of hydrogen-bond donors (Lipinski definition) is 0. The fourth-order valence-electron chi connectivity index (χ4n) is 1.87. The molecule has 0 fully saturated rings. The molecule has 1 unspecified atom stereocenters. The van der Waals surface area contributed by atoms with E-state index in [0.717, 1.165) is 23.3 Å². The Morgan fingerprint density at radius 1 is 1.43 bits per heavy atom. The lowest BCUT2D eigenvalue weighted by Crippen LogP contribution is -1.89. The Bertz CT molecular complexity index is 542. The van der Waals surface area contributed by atoms with E-state index in [1.807, 2.05) is 6.92 Å². The van der Waals surface area contributed by atoms with E-state index in [9.17, 15) is 8.76 Å². The minimum absolute atomic E-state index is 0.320. The molecule has 1 atom stereocenters. The quantitative estimate of drug-likeness (QED) is 0.408. The van der Waals surface area contributed by atoms with Crippen LogP contribution < -0.4 is 0 Å². The highest BCUT2D eigenvalue weighted by molar-refractivity contribution is 7.38. The van der Waals surface area contributed by atoms with Crippen LogP contribution in [0.1, 0.15) is 48.9 Å². The van der Waals surface area contributed by atoms with E-state index in [1.165, 1.54) is 16.0 Å². The number of halogens is 1. The van der Waals surface area contributed by atoms with Gasteiger partial charge in [0.25, 0.3) is 6.35 Å². The molecule has 1 rings (SSSR count). The van der Waals surface area contributed by atoms with Crippen molar-refractivity contribution in [2.75, 3.05) is 6.35 Å². The number of aryl methyl sites for hydroxylation is 1. The molecule has 0 N–H and O–H groups in total. The molecule has 1 aromatic rings. The molecule has 0 aliphatic carbocycles. The van der Waals surface area contributed by atoms with Gasteiger partial charge < -0.3 is 4.74 Å². The first-order valence-corrected chi connectivity index (χ1v) is 9.11. The first-order chi connectivity index (χ1) is 9.88. The van der Waals surface area contributed by atoms with Gasteiger partial charge in [-0.1, -0.05) is 17.2 Å². The van der Waals surface area contributed by atoms with Gasteiger partial charge in [-0.2, -0.15) is 0 Å². The summed E-state index contributed by atoms with van der Waals surface area (Å²) >= 11 is 1.65. The van der Waals surface area contributed by atoms with Crippen molar-refractivity contribution in [2.45, 2.75) is 47.1 Å². The van der Waals surface area contributed by atoms with Crippen molar-refractivity contribution in [1.82, 2.24) is 0 Å². The second-order valence-corrected chi connectivity index (χ2v) is 7.42. The molecule has 0 aromatic carbocycles. The summed E-state index contributed by atoms with van der Waals surface area (Å²) in [6, 6.07) is 2.11. The van der Waals surface area contributed by atoms with Gasteiger partial charge in [-0.3, -0.25) is 0 Å². The average molecular weight is 329 g/mol. The third-order valence-corrected chi connectivity index (χ3v) is 4.49. The maximum absolute atomic E-state index is 12.2. The van der Waals surface area contributed by atoms with Crippen LogP contribution in [0, 0.1) is 6.92 Å². The Balaban J connectivity index is 2.59. The van der Waals surface area contributed by atoms with E-state index in [4.69, 9.17) is 4.74 Å². The predicted octanol–water partition coefficient (Wildman–Crippen LogP) is 6.39. The monoisotopic (exact) mass is 329 g/mol. The smallest absolute Gasteiger partial charge is 0.329 e. The zero-order valence-electron chi connectivity index (χ0n) is 13.1. The largest absolute Gasteiger partial charge is 0.586 e. The molecule has 0 radical (unpaired) electrons. The number of ether oxygens (including phenoxy) is 1. The Labute approximate surface area is 131 Å². The van der Waals surface area contributed by atoms with Crippen molar-refractivity contribution in [1.29, 1.82) is 0 Å². The van der Waals surface area contributed by atoms with Gasteiger partial charge in [0.1, 0.15) is 0 Å². The number of allylic oxidation sites excluding steroid dienone is 3. The highest BCUT2D eigenvalue weighted by Gasteiger charge is 2.14. The van der Waals surface area contributed by atoms with E-state index in [1.54, 1.807) is 11.3 Å². The van der Waals surface area contributed by atoms with Gasteiger partial charge in [0.2, 0.25) is 0 Å². The van der Waals surface area contributed by atoms with E-state index in [0.29, 0.717) is 6.61 Å². The minimum Gasteiger partial charge on any atom is -0.329 e. The van der Waals surface area contributed by atoms with Crippen LogP contribution in [-0.4, -0.2) is 6.35 Å². The molecule has 0 saturated heterocycles. The summed E-state index contributed by atoms with van der Waals surface area (Å²) in [5, 5.41) is 0. The van der Waals surface area contributed by atoms with Gasteiger partial charge in [0.15, 0.2) is 0 Å². The molecule has 5 heteroatoms. The lowest BCUT2D eigenvalue weighted by Gasteiger charge is -1.98. The molecule has 1 aromatic heterocycles. The van der Waals surface area contributed by atoms with E-state index < -0.39 is 8.11 Å². The molecule has 0 amide bonds. The average Bonchev–Trinajstić information content (AvgIpc) is 2.68. The van der Waals surface area contributed by atoms with Crippen molar-refractivity contribution >= 4 is 25.5 Å². The summed E-state index contributed by atoms with van der Waals surface area (Å²) in [6.07, 6.45) is 6.23. The van der Waals surface area contributed by atoms with Gasteiger partial charge in [-0.15, -0.1) is 11.3 Å². The van der Waals surface area contributed by atoms with Gasteiger partial charge in [0.05, 0.1) is 10.8 Å². The summed E-state index contributed by atoms with van der Waals surface area (Å²) in [5.74, 6) is 0. The minimum atomic E-state index is -2.71. The summed E-state index contributed by atoms with van der Waals surface area (Å²) in [6.45, 7) is 8.70. The molecule has 0 saturated carbocycles. The Morgan fingerprint density at radius 3 is 2.76 bits per heavy atom. The summed E-state index contributed by atoms with van der Waals surface area (Å²) in [7, 11) is -2.71. The van der Waals surface area contributed by atoms with Crippen molar-refractivity contribution in [2.24, 2.45) is 0 Å². The van der Waals surface area contributed by atoms with Crippen LogP contribution in [0.3, 0.4) is 0 Å². The fraction of sp³-hybridized carbons (Fsp3) is 0.500. The number of rotatable bonds is 8. The number of thiophene rings is 1. The van der Waals surface area contributed by atoms with Crippen molar-refractivity contribution in [3.63, 3.8) is 0 Å². The van der Waals surface area contributed by atoms with Gasteiger partial charge >= 0.3 is 8.11 Å². The number of hydrogen-bond acceptors (Lipinski definition) is 3. The molecular formula is C16H23FO2PS+. The van der Waals surface area contributed by atoms with Crippen molar-refractivity contribution in [3.05, 3.63) is 38.6 Å². The van der Waals surface area contributed by atoms with Gasteiger partial charge in [-0.25, -0.2) is 0 Å². The Morgan fingerprint density at radius 2 is 2.14 bits per heavy atom. The molecule has 0 bridgehead atoms. The molecule has 1 heterocycles. The predicted molar refractivity (Wildman–Crippen MR) is 89.7 cm³/mol. The lowest BCUT2D eigenvalue weighted by molar-refractivity contribution is 0.163. The second-order valence-electron chi connectivity index (χ2n) is 5.36. The standard InChI is InChI=1S/C16H23FO2PS/c1-12(2)6-5-7-13(3)8-15-9-14(4)16(21-15)10-19-11-20(17)18/h6,8-9H,5,7,10-11H2,1-4H3/q+1/b13-8+. The second kappa shape index (κ2) is 9.24. The highest BCUT2D eigenvalue weighted by Crippen LogP contribution is 2.27. The maximum atomic E-state index is 12.2. The van der Waals surface area contributed by atoms with Crippen LogP contribution in [0.4, 0.5) is 4.20 Å². The van der Waals surface area contributed by atoms with E-state index in [-0.39, 0.29) is 6.35 Å². The Hall–Kier alpha value is -0.830. The van der Waals surface area contributed by atoms with Crippen LogP contribution in [0.15, 0.2) is 23.3 Å². The van der Waals surface area contributed by atoms with Crippen LogP contribution in [0.2, 0.25) is 0 Å². The summed E-state index contributed by atoms with van der Waals surface area (Å²) < 4.78 is 27.7. The maximum Gasteiger partial charge on any atom is 0.586 e. The molecular weight excluding hydrogens is 306 g/mol. The zero-order chi connectivity index (χ0) is 15.8. The normalized spacial score (nSPS) is 12.4. The third-order valence-electron chi connectivity index (χ3n) is 2.95. The molecule has 21 heavy (non-hydrogen) atoms. The van der Waals surface area contributed by atoms with Crippen molar-refractivity contribution < 1.29 is 13.5 Å². The highest BCUT2D eigenvalue weighted by atomic mass is 32.1. The summed E-state index contributed by atoms with van der Waals surface area (Å²) in [4.78, 5) is 2.25. The SMILES string of the molecule is CC(C)=CCC/C(C)=C/c1cc(C)c(COC[P+](=O)F)s1. The Kier molecular flexibility index (Phi) is 8.02. The molecule has 0 aliphatic heterocycles. The molecule has 0 spiro atoms. The van der Waals surface area contributed by atoms with E-state index in [2.05, 4.69) is 39.0 Å². The zero-order valence-corrected chi connectivity index (χ0v) is 14.8. The van der Waals surface area contributed by atoms with Gasteiger partial charge in [-0.05, 0) is 62.8 Å². The summed E-state index contributed by atoms with van der Waals surface area (Å²) in [5.41, 5.74) is 3.82. The molecule has 0 aliphatic rings. The fourth-order valence-corrected chi connectivity index (χ4v) is 3.25. The van der Waals surface area contributed by atoms with Crippen LogP contribution in [-0.2, 0) is 15.9 Å². The van der Waals surface area contributed by atoms with Crippen LogP contribution in [0.5, 0.6) is 0 Å². The first kappa shape index (κ1) is 18.2. The first-order valence-electron chi connectivity index (χ1n) is 6.96. The third kappa shape index (κ3) is 7.66. The van der Waals surface area contributed by atoms with Gasteiger partial charge in [0, 0.05) is 9.75 Å². The van der Waals surface area contributed by atoms with Crippen LogP contribution >= 0.6 is 19.4 Å². The van der Waals surface area contributed by atoms with Crippen LogP contribution in [0.25, 0.3) is 6.08 Å². The molecule has 116 valence electrons. The lowest BCUT2D eigenvalue weighted by atomic mass is 10.1. The topological polar surface area (TPSA) is 26.3 Å². The van der Waals surface area contributed by atoms with E-state index >= 15 is 0 Å².